The first-order valence-electron chi connectivity index (χ1n) is 9.49. The van der Waals surface area contributed by atoms with E-state index < -0.39 is 12.8 Å². The van der Waals surface area contributed by atoms with E-state index in [1.807, 2.05) is 42.3 Å². The molecule has 0 aliphatic rings. The number of pyridine rings is 1. The van der Waals surface area contributed by atoms with Crippen molar-refractivity contribution in [3.63, 3.8) is 0 Å². The maximum absolute atomic E-state index is 12.2. The number of nitrogens with one attached hydrogen (secondary N) is 2. The minimum Gasteiger partial charge on any atom is -0.468 e. The van der Waals surface area contributed by atoms with E-state index >= 15 is 0 Å². The summed E-state index contributed by atoms with van der Waals surface area (Å²) in [5.74, 6) is 1.35. The molecule has 1 aromatic carbocycles. The van der Waals surface area contributed by atoms with Gasteiger partial charge in [-0.3, -0.25) is 4.99 Å². The zero-order chi connectivity index (χ0) is 22.3. The van der Waals surface area contributed by atoms with Crippen LogP contribution in [0.3, 0.4) is 0 Å². The number of hydrogen-bond acceptors (Lipinski definition) is 4. The van der Waals surface area contributed by atoms with E-state index in [0.29, 0.717) is 19.0 Å². The molecule has 2 heterocycles. The topological polar surface area (TPSA) is 78.4 Å². The smallest absolute Gasteiger partial charge is 0.422 e. The third-order valence-corrected chi connectivity index (χ3v) is 4.31. The third-order valence-electron chi connectivity index (χ3n) is 4.31. The van der Waals surface area contributed by atoms with Crippen molar-refractivity contribution in [2.45, 2.75) is 19.3 Å². The second kappa shape index (κ2) is 9.96. The summed E-state index contributed by atoms with van der Waals surface area (Å²) in [6.07, 6.45) is -1.14. The second-order valence-electron chi connectivity index (χ2n) is 6.77. The van der Waals surface area contributed by atoms with E-state index in [4.69, 9.17) is 0 Å². The first-order chi connectivity index (χ1) is 14.8. The van der Waals surface area contributed by atoms with Gasteiger partial charge in [0.2, 0.25) is 5.88 Å². The number of rotatable bonds is 7. The minimum atomic E-state index is -4.39. The lowest BCUT2D eigenvalue weighted by atomic mass is 10.2. The fraction of sp³-hybridized carbons (Fsp3) is 0.286. The highest BCUT2D eigenvalue weighted by Crippen LogP contribution is 2.18. The molecule has 31 heavy (non-hydrogen) atoms. The molecule has 0 fully saturated rings. The molecular weight excluding hydrogens is 409 g/mol. The molecule has 0 bridgehead atoms. The first-order valence-corrected chi connectivity index (χ1v) is 9.49. The molecule has 0 saturated heterocycles. The highest BCUT2D eigenvalue weighted by Gasteiger charge is 2.28. The van der Waals surface area contributed by atoms with Crippen LogP contribution in [0.2, 0.25) is 0 Å². The van der Waals surface area contributed by atoms with Crippen LogP contribution in [0.1, 0.15) is 11.4 Å². The number of aliphatic imine (C=N–C) groups is 1. The standard InChI is InChI=1S/C21H23F3N6O/c1-25-20(28-11-15-8-9-19(27-10-15)31-14-21(22,23)24)30(2)13-18-26-12-17(29-18)16-6-4-3-5-7-16/h3-10,12H,11,13-14H2,1-2H3,(H,25,28)(H,26,29). The zero-order valence-electron chi connectivity index (χ0n) is 17.1. The van der Waals surface area contributed by atoms with E-state index in [1.165, 1.54) is 12.3 Å². The first kappa shape index (κ1) is 22.1. The summed E-state index contributed by atoms with van der Waals surface area (Å²) in [5.41, 5.74) is 2.77. The molecule has 0 unspecified atom stereocenters. The Labute approximate surface area is 178 Å². The molecule has 0 aliphatic carbocycles. The lowest BCUT2D eigenvalue weighted by Crippen LogP contribution is -2.38. The van der Waals surface area contributed by atoms with Gasteiger partial charge in [0.25, 0.3) is 0 Å². The maximum Gasteiger partial charge on any atom is 0.422 e. The van der Waals surface area contributed by atoms with E-state index in [-0.39, 0.29) is 5.88 Å². The number of imidazole rings is 1. The Balaban J connectivity index is 1.52. The molecule has 7 nitrogen and oxygen atoms in total. The molecule has 0 atom stereocenters. The molecule has 0 spiro atoms. The van der Waals surface area contributed by atoms with Crippen LogP contribution >= 0.6 is 0 Å². The summed E-state index contributed by atoms with van der Waals surface area (Å²) in [6, 6.07) is 13.0. The number of hydrogen-bond donors (Lipinski definition) is 2. The fourth-order valence-corrected chi connectivity index (χ4v) is 2.83. The Hall–Kier alpha value is -3.56. The number of nitrogens with zero attached hydrogens (tertiary/aromatic N) is 4. The predicted octanol–water partition coefficient (Wildman–Crippen LogP) is 3.62. The molecule has 2 aromatic heterocycles. The monoisotopic (exact) mass is 432 g/mol. The van der Waals surface area contributed by atoms with Crippen molar-refractivity contribution in [1.82, 2.24) is 25.2 Å². The SMILES string of the molecule is CN=C(NCc1ccc(OCC(F)(F)F)nc1)N(C)Cc1ncc(-c2ccccc2)[nH]1. The minimum absolute atomic E-state index is 0.0744. The summed E-state index contributed by atoms with van der Waals surface area (Å²) in [6.45, 7) is -0.459. The summed E-state index contributed by atoms with van der Waals surface area (Å²) in [7, 11) is 3.55. The highest BCUT2D eigenvalue weighted by atomic mass is 19.4. The number of guanidine groups is 1. The number of ether oxygens (including phenoxy) is 1. The van der Waals surface area contributed by atoms with Crippen LogP contribution in [0.5, 0.6) is 5.88 Å². The number of aromatic amines is 1. The summed E-state index contributed by atoms with van der Waals surface area (Å²) in [4.78, 5) is 17.8. The quantitative estimate of drug-likeness (QED) is 0.441. The van der Waals surface area contributed by atoms with E-state index in [9.17, 15) is 13.2 Å². The molecule has 2 N–H and O–H groups in total. The van der Waals surface area contributed by atoms with Crippen molar-refractivity contribution in [1.29, 1.82) is 0 Å². The van der Waals surface area contributed by atoms with Crippen molar-refractivity contribution < 1.29 is 17.9 Å². The van der Waals surface area contributed by atoms with Crippen LogP contribution in [0.25, 0.3) is 11.3 Å². The molecule has 0 aliphatic heterocycles. The summed E-state index contributed by atoms with van der Waals surface area (Å²) < 4.78 is 41.2. The van der Waals surface area contributed by atoms with Gasteiger partial charge in [-0.05, 0) is 11.1 Å². The molecule has 3 rings (SSSR count). The lowest BCUT2D eigenvalue weighted by Gasteiger charge is -2.21. The van der Waals surface area contributed by atoms with Crippen LogP contribution in [-0.2, 0) is 13.1 Å². The molecule has 0 amide bonds. The van der Waals surface area contributed by atoms with E-state index in [0.717, 1.165) is 22.6 Å². The number of halogens is 3. The highest BCUT2D eigenvalue weighted by molar-refractivity contribution is 5.79. The second-order valence-corrected chi connectivity index (χ2v) is 6.77. The average Bonchev–Trinajstić information content (AvgIpc) is 3.22. The Morgan fingerprint density at radius 3 is 2.55 bits per heavy atom. The van der Waals surface area contributed by atoms with E-state index in [2.05, 4.69) is 30.0 Å². The van der Waals surface area contributed by atoms with Gasteiger partial charge in [0.15, 0.2) is 12.6 Å². The van der Waals surface area contributed by atoms with Gasteiger partial charge < -0.3 is 19.9 Å². The van der Waals surface area contributed by atoms with Crippen LogP contribution in [0, 0.1) is 0 Å². The van der Waals surface area contributed by atoms with Crippen LogP contribution in [0.15, 0.2) is 59.9 Å². The maximum atomic E-state index is 12.2. The van der Waals surface area contributed by atoms with Gasteiger partial charge in [0.05, 0.1) is 18.4 Å². The van der Waals surface area contributed by atoms with Gasteiger partial charge >= 0.3 is 6.18 Å². The molecule has 0 radical (unpaired) electrons. The third kappa shape index (κ3) is 6.73. The van der Waals surface area contributed by atoms with Crippen molar-refractivity contribution in [3.05, 3.63) is 66.2 Å². The van der Waals surface area contributed by atoms with Gasteiger partial charge in [-0.25, -0.2) is 9.97 Å². The number of H-pyrrole nitrogens is 1. The van der Waals surface area contributed by atoms with Crippen molar-refractivity contribution >= 4 is 5.96 Å². The largest absolute Gasteiger partial charge is 0.468 e. The van der Waals surface area contributed by atoms with Gasteiger partial charge in [-0.2, -0.15) is 13.2 Å². The number of benzene rings is 1. The van der Waals surface area contributed by atoms with Gasteiger partial charge in [0, 0.05) is 32.9 Å². The van der Waals surface area contributed by atoms with E-state index in [1.54, 1.807) is 19.3 Å². The molecular formula is C21H23F3N6O. The Kier molecular flexibility index (Phi) is 7.11. The zero-order valence-corrected chi connectivity index (χ0v) is 17.1. The van der Waals surface area contributed by atoms with Gasteiger partial charge in [-0.15, -0.1) is 0 Å². The van der Waals surface area contributed by atoms with Crippen molar-refractivity contribution in [3.8, 4) is 17.1 Å². The Morgan fingerprint density at radius 1 is 1.13 bits per heavy atom. The van der Waals surface area contributed by atoms with Gasteiger partial charge in [-0.1, -0.05) is 36.4 Å². The molecule has 164 valence electrons. The summed E-state index contributed by atoms with van der Waals surface area (Å²) >= 11 is 0. The lowest BCUT2D eigenvalue weighted by molar-refractivity contribution is -0.154. The fourth-order valence-electron chi connectivity index (χ4n) is 2.83. The molecule has 10 heteroatoms. The van der Waals surface area contributed by atoms with Gasteiger partial charge in [0.1, 0.15) is 5.82 Å². The Bertz CT molecular complexity index is 986. The normalized spacial score (nSPS) is 12.0. The number of aromatic nitrogens is 3. The number of alkyl halides is 3. The van der Waals surface area contributed by atoms with Crippen molar-refractivity contribution in [2.24, 2.45) is 4.99 Å². The van der Waals surface area contributed by atoms with Crippen LogP contribution in [-0.4, -0.2) is 52.7 Å². The molecule has 3 aromatic rings. The summed E-state index contributed by atoms with van der Waals surface area (Å²) in [5, 5.41) is 3.19. The molecule has 0 saturated carbocycles. The predicted molar refractivity (Wildman–Crippen MR) is 111 cm³/mol. The van der Waals surface area contributed by atoms with Crippen LogP contribution in [0.4, 0.5) is 13.2 Å². The average molecular weight is 432 g/mol. The van der Waals surface area contributed by atoms with Crippen molar-refractivity contribution in [2.75, 3.05) is 20.7 Å². The van der Waals surface area contributed by atoms with Crippen LogP contribution < -0.4 is 10.1 Å². The Morgan fingerprint density at radius 2 is 1.90 bits per heavy atom.